The number of hydrogen-bond acceptors (Lipinski definition) is 2. The zero-order valence-electron chi connectivity index (χ0n) is 16.3. The van der Waals surface area contributed by atoms with Crippen LogP contribution in [0.15, 0.2) is 96.0 Å². The number of aliphatic imine (C=N–C) groups is 1. The van der Waals surface area contributed by atoms with Gasteiger partial charge < -0.3 is 0 Å². The average Bonchev–Trinajstić information content (AvgIpc) is 2.78. The molecule has 0 radical (unpaired) electrons. The van der Waals surface area contributed by atoms with Crippen LogP contribution in [-0.2, 0) is 0 Å². The molecule has 0 heterocycles. The van der Waals surface area contributed by atoms with E-state index >= 15 is 0 Å². The zero-order chi connectivity index (χ0) is 19.5. The molecular weight excluding hydrogens is 377 g/mol. The van der Waals surface area contributed by atoms with Crippen molar-refractivity contribution in [1.29, 1.82) is 0 Å². The van der Waals surface area contributed by atoms with Crippen molar-refractivity contribution in [3.63, 3.8) is 0 Å². The van der Waals surface area contributed by atoms with Crippen molar-refractivity contribution < 1.29 is 0 Å². The minimum absolute atomic E-state index is 0.808. The monoisotopic (exact) mass is 405 g/mol. The van der Waals surface area contributed by atoms with Crippen molar-refractivity contribution >= 4 is 40.6 Å². The summed E-state index contributed by atoms with van der Waals surface area (Å²) in [5.74, 6) is 0. The van der Waals surface area contributed by atoms with Crippen molar-refractivity contribution in [3.05, 3.63) is 91.0 Å². The molecule has 0 fully saturated rings. The van der Waals surface area contributed by atoms with Gasteiger partial charge in [0.2, 0.25) is 0 Å². The molecule has 3 rings (SSSR count). The van der Waals surface area contributed by atoms with Crippen LogP contribution in [0.25, 0.3) is 0 Å². The van der Waals surface area contributed by atoms with E-state index in [2.05, 4.69) is 113 Å². The van der Waals surface area contributed by atoms with Gasteiger partial charge in [0.25, 0.3) is 0 Å². The first-order valence-corrected chi connectivity index (χ1v) is 12.7. The number of benzene rings is 3. The van der Waals surface area contributed by atoms with Crippen LogP contribution in [0.5, 0.6) is 0 Å². The Bertz CT molecular complexity index is 778. The van der Waals surface area contributed by atoms with E-state index in [9.17, 15) is 0 Å². The quantitative estimate of drug-likeness (QED) is 0.191. The average molecular weight is 406 g/mol. The molecule has 0 atom stereocenters. The number of unbranched alkanes of at least 4 members (excludes halogenated alkanes) is 3. The normalized spacial score (nSPS) is 11.6. The second kappa shape index (κ2) is 11.0. The molecule has 0 spiro atoms. The van der Waals surface area contributed by atoms with E-state index in [4.69, 9.17) is 0 Å². The molecule has 3 aromatic carbocycles. The molecule has 0 aromatic heterocycles. The third kappa shape index (κ3) is 5.03. The summed E-state index contributed by atoms with van der Waals surface area (Å²) in [7, 11) is -2.05. The molecule has 28 heavy (non-hydrogen) atoms. The van der Waals surface area contributed by atoms with E-state index < -0.39 is 7.26 Å². The summed E-state index contributed by atoms with van der Waals surface area (Å²) in [6.07, 6.45) is 5.98. The minimum atomic E-state index is -2.05. The second-order valence-corrected chi connectivity index (χ2v) is 11.4. The van der Waals surface area contributed by atoms with E-state index in [0.717, 1.165) is 13.0 Å². The van der Waals surface area contributed by atoms with Gasteiger partial charge in [-0.3, -0.25) is 0 Å². The molecule has 0 aliphatic carbocycles. The van der Waals surface area contributed by atoms with Crippen LogP contribution in [0.1, 0.15) is 25.7 Å². The summed E-state index contributed by atoms with van der Waals surface area (Å²) in [4.78, 5) is 4.03. The fourth-order valence-corrected chi connectivity index (χ4v) is 9.10. The van der Waals surface area contributed by atoms with Crippen LogP contribution >= 0.6 is 19.5 Å². The van der Waals surface area contributed by atoms with E-state index in [1.807, 2.05) is 0 Å². The molecule has 0 amide bonds. The Hall–Kier alpha value is -2.11. The molecule has 0 aliphatic heterocycles. The molecule has 0 bridgehead atoms. The van der Waals surface area contributed by atoms with Gasteiger partial charge in [-0.1, -0.05) is 0 Å². The predicted molar refractivity (Wildman–Crippen MR) is 130 cm³/mol. The summed E-state index contributed by atoms with van der Waals surface area (Å²) in [6, 6.07) is 33.5. The van der Waals surface area contributed by atoms with Crippen LogP contribution in [-0.4, -0.2) is 17.9 Å². The van der Waals surface area contributed by atoms with Gasteiger partial charge in [-0.05, 0) is 0 Å². The molecule has 0 aliphatic rings. The first-order chi connectivity index (χ1) is 13.9. The Morgan fingerprint density at radius 3 is 1.46 bits per heavy atom. The molecule has 144 valence electrons. The van der Waals surface area contributed by atoms with Gasteiger partial charge in [0.05, 0.1) is 0 Å². The molecule has 0 N–H and O–H groups in total. The third-order valence-electron chi connectivity index (χ3n) is 5.44. The number of nitrogens with zero attached hydrogens (tertiary/aromatic N) is 1. The van der Waals surface area contributed by atoms with Crippen molar-refractivity contribution in [2.75, 3.05) is 12.7 Å². The van der Waals surface area contributed by atoms with Crippen LogP contribution in [0.2, 0.25) is 0 Å². The standard InChI is InChI=1S/C25H28NPS/c28-22-26-20-12-1-2-13-21-27(23-14-6-3-7-15-23,24-16-8-4-9-17-24)25-18-10-5-11-19-25/h3-11,14-19,27H,1-2,12-13,20-21H2. The van der Waals surface area contributed by atoms with Gasteiger partial charge in [-0.25, -0.2) is 0 Å². The predicted octanol–water partition coefficient (Wildman–Crippen LogP) is 5.38. The van der Waals surface area contributed by atoms with Crippen LogP contribution in [0.4, 0.5) is 0 Å². The molecular formula is C25H28NPS. The van der Waals surface area contributed by atoms with Gasteiger partial charge in [0.1, 0.15) is 0 Å². The summed E-state index contributed by atoms with van der Waals surface area (Å²) < 4.78 is 0. The second-order valence-electron chi connectivity index (χ2n) is 7.14. The van der Waals surface area contributed by atoms with E-state index in [0.29, 0.717) is 0 Å². The maximum absolute atomic E-state index is 4.65. The van der Waals surface area contributed by atoms with Gasteiger partial charge in [0.15, 0.2) is 0 Å². The Morgan fingerprint density at radius 2 is 1.04 bits per heavy atom. The summed E-state index contributed by atoms with van der Waals surface area (Å²) >= 11 is 4.65. The number of thiocarbonyl (C=S) groups is 1. The van der Waals surface area contributed by atoms with Gasteiger partial charge >= 0.3 is 175 Å². The summed E-state index contributed by atoms with van der Waals surface area (Å²) in [6.45, 7) is 0.808. The Morgan fingerprint density at radius 1 is 0.607 bits per heavy atom. The first-order valence-electron chi connectivity index (χ1n) is 10.1. The fraction of sp³-hybridized carbons (Fsp3) is 0.240. The van der Waals surface area contributed by atoms with Crippen molar-refractivity contribution in [2.24, 2.45) is 4.99 Å². The SMILES string of the molecule is S=C=NCCCCCC[PH](c1ccccc1)(c1ccccc1)c1ccccc1. The number of hydrogen-bond donors (Lipinski definition) is 0. The topological polar surface area (TPSA) is 12.4 Å². The van der Waals surface area contributed by atoms with E-state index in [-0.39, 0.29) is 0 Å². The van der Waals surface area contributed by atoms with Crippen LogP contribution in [0, 0.1) is 0 Å². The van der Waals surface area contributed by atoms with Crippen molar-refractivity contribution in [1.82, 2.24) is 0 Å². The van der Waals surface area contributed by atoms with Crippen molar-refractivity contribution in [2.45, 2.75) is 25.7 Å². The van der Waals surface area contributed by atoms with Gasteiger partial charge in [-0.2, -0.15) is 0 Å². The van der Waals surface area contributed by atoms with Gasteiger partial charge in [0, 0.05) is 0 Å². The van der Waals surface area contributed by atoms with E-state index in [1.54, 1.807) is 0 Å². The Labute approximate surface area is 174 Å². The van der Waals surface area contributed by atoms with Crippen LogP contribution < -0.4 is 15.9 Å². The van der Waals surface area contributed by atoms with Crippen LogP contribution in [0.3, 0.4) is 0 Å². The first kappa shape index (κ1) is 20.6. The molecule has 1 nitrogen and oxygen atoms in total. The number of isothiocyanates is 1. The molecule has 0 saturated carbocycles. The molecule has 0 unspecified atom stereocenters. The third-order valence-corrected chi connectivity index (χ3v) is 10.6. The van der Waals surface area contributed by atoms with E-state index in [1.165, 1.54) is 41.3 Å². The molecule has 3 heteroatoms. The summed E-state index contributed by atoms with van der Waals surface area (Å²) in [5, 5.41) is 6.96. The zero-order valence-corrected chi connectivity index (χ0v) is 18.1. The van der Waals surface area contributed by atoms with Crippen molar-refractivity contribution in [3.8, 4) is 0 Å². The molecule has 3 aromatic rings. The summed E-state index contributed by atoms with van der Waals surface area (Å²) in [5.41, 5.74) is 0. The maximum atomic E-state index is 4.65. The fourth-order valence-electron chi connectivity index (χ4n) is 4.08. The van der Waals surface area contributed by atoms with Gasteiger partial charge in [-0.15, -0.1) is 0 Å². The Balaban J connectivity index is 1.94. The Kier molecular flexibility index (Phi) is 8.12. The molecule has 0 saturated heterocycles. The number of rotatable bonds is 10.